The lowest BCUT2D eigenvalue weighted by molar-refractivity contribution is -0.124. The van der Waals surface area contributed by atoms with Crippen LogP contribution in [0.3, 0.4) is 0 Å². The molecule has 1 N–H and O–H groups in total. The van der Waals surface area contributed by atoms with Crippen LogP contribution in [0.4, 0.5) is 0 Å². The van der Waals surface area contributed by atoms with Gasteiger partial charge in [-0.25, -0.2) is 4.79 Å². The van der Waals surface area contributed by atoms with Crippen LogP contribution >= 0.6 is 0 Å². The second-order valence-corrected chi connectivity index (χ2v) is 5.98. The van der Waals surface area contributed by atoms with Crippen LogP contribution in [0.5, 0.6) is 5.75 Å². The van der Waals surface area contributed by atoms with Crippen LogP contribution in [0.2, 0.25) is 0 Å². The van der Waals surface area contributed by atoms with Gasteiger partial charge in [-0.3, -0.25) is 4.79 Å². The lowest BCUT2D eigenvalue weighted by atomic mass is 10.1. The van der Waals surface area contributed by atoms with E-state index in [4.69, 9.17) is 13.9 Å². The van der Waals surface area contributed by atoms with Crippen molar-refractivity contribution in [2.75, 3.05) is 13.2 Å². The smallest absolute Gasteiger partial charge is 0.374 e. The topological polar surface area (TPSA) is 77.8 Å². The summed E-state index contributed by atoms with van der Waals surface area (Å²) < 4.78 is 15.9. The summed E-state index contributed by atoms with van der Waals surface area (Å²) in [7, 11) is 0. The fourth-order valence-electron chi connectivity index (χ4n) is 1.99. The van der Waals surface area contributed by atoms with E-state index < -0.39 is 5.97 Å². The summed E-state index contributed by atoms with van der Waals surface area (Å²) in [6, 6.07) is 12.4. The SMILES string of the molecule is CC(C)CCNC(=O)COC(=O)c1ccc(COc2ccccc2)o1. The first-order valence-electron chi connectivity index (χ1n) is 8.25. The molecule has 0 saturated heterocycles. The summed E-state index contributed by atoms with van der Waals surface area (Å²) in [6.45, 7) is 4.58. The van der Waals surface area contributed by atoms with Crippen molar-refractivity contribution < 1.29 is 23.5 Å². The molecule has 1 aromatic heterocycles. The Morgan fingerprint density at radius 3 is 2.60 bits per heavy atom. The molecular weight excluding hydrogens is 322 g/mol. The molecule has 0 spiro atoms. The van der Waals surface area contributed by atoms with E-state index in [-0.39, 0.29) is 24.9 Å². The first kappa shape index (κ1) is 18.6. The van der Waals surface area contributed by atoms with Crippen LogP contribution in [0.1, 0.15) is 36.6 Å². The molecule has 1 heterocycles. The molecule has 0 unspecified atom stereocenters. The maximum absolute atomic E-state index is 11.9. The van der Waals surface area contributed by atoms with Gasteiger partial charge in [-0.15, -0.1) is 0 Å². The Morgan fingerprint density at radius 1 is 1.12 bits per heavy atom. The first-order valence-corrected chi connectivity index (χ1v) is 8.25. The van der Waals surface area contributed by atoms with E-state index in [1.54, 1.807) is 6.07 Å². The highest BCUT2D eigenvalue weighted by atomic mass is 16.6. The molecule has 134 valence electrons. The molecule has 0 bridgehead atoms. The molecule has 0 aliphatic carbocycles. The van der Waals surface area contributed by atoms with Crippen LogP contribution in [-0.2, 0) is 16.1 Å². The van der Waals surface area contributed by atoms with Gasteiger partial charge in [0.05, 0.1) is 0 Å². The Hall–Kier alpha value is -2.76. The second kappa shape index (κ2) is 9.52. The van der Waals surface area contributed by atoms with Crippen LogP contribution in [-0.4, -0.2) is 25.0 Å². The van der Waals surface area contributed by atoms with E-state index in [0.29, 0.717) is 24.0 Å². The van der Waals surface area contributed by atoms with Gasteiger partial charge in [-0.2, -0.15) is 0 Å². The maximum atomic E-state index is 11.9. The molecule has 0 fully saturated rings. The molecule has 1 aromatic carbocycles. The molecule has 25 heavy (non-hydrogen) atoms. The number of amides is 1. The number of nitrogens with one attached hydrogen (secondary N) is 1. The number of hydrogen-bond acceptors (Lipinski definition) is 5. The third-order valence-corrected chi connectivity index (χ3v) is 3.37. The van der Waals surface area contributed by atoms with Crippen LogP contribution in [0.25, 0.3) is 0 Å². The minimum Gasteiger partial charge on any atom is -0.486 e. The van der Waals surface area contributed by atoms with Gasteiger partial charge in [0.2, 0.25) is 5.76 Å². The fourth-order valence-corrected chi connectivity index (χ4v) is 1.99. The minimum absolute atomic E-state index is 0.0432. The van der Waals surface area contributed by atoms with Crippen LogP contribution in [0.15, 0.2) is 46.9 Å². The lowest BCUT2D eigenvalue weighted by Gasteiger charge is -2.07. The number of benzene rings is 1. The van der Waals surface area contributed by atoms with E-state index in [1.165, 1.54) is 6.07 Å². The van der Waals surface area contributed by atoms with E-state index in [1.807, 2.05) is 30.3 Å². The number of carbonyl (C=O) groups excluding carboxylic acids is 2. The summed E-state index contributed by atoms with van der Waals surface area (Å²) in [5.41, 5.74) is 0. The summed E-state index contributed by atoms with van der Waals surface area (Å²) in [4.78, 5) is 23.5. The Morgan fingerprint density at radius 2 is 1.88 bits per heavy atom. The average Bonchev–Trinajstić information content (AvgIpc) is 3.07. The monoisotopic (exact) mass is 345 g/mol. The first-order chi connectivity index (χ1) is 12.0. The van der Waals surface area contributed by atoms with Crippen molar-refractivity contribution in [2.45, 2.75) is 26.9 Å². The normalized spacial score (nSPS) is 10.5. The summed E-state index contributed by atoms with van der Waals surface area (Å²) in [5.74, 6) is 0.751. The van der Waals surface area contributed by atoms with E-state index >= 15 is 0 Å². The zero-order valence-corrected chi connectivity index (χ0v) is 14.5. The van der Waals surface area contributed by atoms with Gasteiger partial charge in [0.1, 0.15) is 18.1 Å². The lowest BCUT2D eigenvalue weighted by Crippen LogP contribution is -2.30. The number of hydrogen-bond donors (Lipinski definition) is 1. The average molecular weight is 345 g/mol. The van der Waals surface area contributed by atoms with Crippen molar-refractivity contribution in [3.05, 3.63) is 54.0 Å². The van der Waals surface area contributed by atoms with Gasteiger partial charge in [0, 0.05) is 6.54 Å². The van der Waals surface area contributed by atoms with Crippen molar-refractivity contribution in [1.82, 2.24) is 5.32 Å². The summed E-state index contributed by atoms with van der Waals surface area (Å²) >= 11 is 0. The van der Waals surface area contributed by atoms with Crippen LogP contribution in [0, 0.1) is 5.92 Å². The number of rotatable bonds is 9. The number of ether oxygens (including phenoxy) is 2. The molecular formula is C19H23NO5. The van der Waals surface area contributed by atoms with E-state index in [0.717, 1.165) is 6.42 Å². The number of carbonyl (C=O) groups is 2. The maximum Gasteiger partial charge on any atom is 0.374 e. The van der Waals surface area contributed by atoms with Gasteiger partial charge in [0.15, 0.2) is 6.61 Å². The standard InChI is InChI=1S/C19H23NO5/c1-14(2)10-11-20-18(21)13-24-19(22)17-9-8-16(25-17)12-23-15-6-4-3-5-7-15/h3-9,14H,10-13H2,1-2H3,(H,20,21). The van der Waals surface area contributed by atoms with Crippen molar-refractivity contribution in [2.24, 2.45) is 5.92 Å². The second-order valence-electron chi connectivity index (χ2n) is 5.98. The number of esters is 1. The van der Waals surface area contributed by atoms with Gasteiger partial charge < -0.3 is 19.2 Å². The zero-order valence-electron chi connectivity index (χ0n) is 14.5. The number of furan rings is 1. The van der Waals surface area contributed by atoms with Crippen molar-refractivity contribution in [3.63, 3.8) is 0 Å². The largest absolute Gasteiger partial charge is 0.486 e. The molecule has 0 saturated carbocycles. The predicted molar refractivity (Wildman–Crippen MR) is 92.2 cm³/mol. The molecule has 2 rings (SSSR count). The fraction of sp³-hybridized carbons (Fsp3) is 0.368. The van der Waals surface area contributed by atoms with Gasteiger partial charge in [0.25, 0.3) is 5.91 Å². The van der Waals surface area contributed by atoms with Crippen LogP contribution < -0.4 is 10.1 Å². The van der Waals surface area contributed by atoms with Gasteiger partial charge >= 0.3 is 5.97 Å². The Balaban J connectivity index is 1.73. The molecule has 6 heteroatoms. The van der Waals surface area contributed by atoms with E-state index in [9.17, 15) is 9.59 Å². The molecule has 0 aliphatic rings. The Labute approximate surface area is 147 Å². The van der Waals surface area contributed by atoms with Crippen molar-refractivity contribution in [1.29, 1.82) is 0 Å². The molecule has 2 aromatic rings. The molecule has 0 radical (unpaired) electrons. The molecule has 0 aliphatic heterocycles. The third-order valence-electron chi connectivity index (χ3n) is 3.37. The Kier molecular flexibility index (Phi) is 7.07. The highest BCUT2D eigenvalue weighted by Crippen LogP contribution is 2.14. The molecule has 6 nitrogen and oxygen atoms in total. The number of para-hydroxylation sites is 1. The van der Waals surface area contributed by atoms with Gasteiger partial charge in [-0.1, -0.05) is 32.0 Å². The quantitative estimate of drug-likeness (QED) is 0.706. The van der Waals surface area contributed by atoms with Gasteiger partial charge in [-0.05, 0) is 36.6 Å². The summed E-state index contributed by atoms with van der Waals surface area (Å²) in [6.07, 6.45) is 0.878. The minimum atomic E-state index is -0.676. The summed E-state index contributed by atoms with van der Waals surface area (Å²) in [5, 5.41) is 2.70. The van der Waals surface area contributed by atoms with Crippen molar-refractivity contribution in [3.8, 4) is 5.75 Å². The molecule has 0 atom stereocenters. The van der Waals surface area contributed by atoms with E-state index in [2.05, 4.69) is 19.2 Å². The third kappa shape index (κ3) is 6.71. The molecule has 1 amide bonds. The highest BCUT2D eigenvalue weighted by Gasteiger charge is 2.15. The van der Waals surface area contributed by atoms with Crippen molar-refractivity contribution >= 4 is 11.9 Å². The Bertz CT molecular complexity index is 678. The zero-order chi connectivity index (χ0) is 18.1. The predicted octanol–water partition coefficient (Wildman–Crippen LogP) is 3.18. The highest BCUT2D eigenvalue weighted by molar-refractivity contribution is 5.88.